The minimum atomic E-state index is -0.0798. The van der Waals surface area contributed by atoms with Gasteiger partial charge >= 0.3 is 0 Å². The Hall–Kier alpha value is -3.56. The predicted molar refractivity (Wildman–Crippen MR) is 123 cm³/mol. The molecular formula is C25H24N2O3S. The molecule has 0 saturated carbocycles. The number of methoxy groups -OCH3 is 1. The summed E-state index contributed by atoms with van der Waals surface area (Å²) in [7, 11) is 1.61. The van der Waals surface area contributed by atoms with Gasteiger partial charge in [-0.3, -0.25) is 4.79 Å². The van der Waals surface area contributed by atoms with Crippen LogP contribution in [-0.2, 0) is 17.9 Å². The van der Waals surface area contributed by atoms with Crippen molar-refractivity contribution >= 4 is 23.3 Å². The summed E-state index contributed by atoms with van der Waals surface area (Å²) in [5, 5.41) is 10.9. The largest absolute Gasteiger partial charge is 0.493 e. The van der Waals surface area contributed by atoms with Crippen LogP contribution in [0.4, 0.5) is 0 Å². The first-order valence-electron chi connectivity index (χ1n) is 9.92. The van der Waals surface area contributed by atoms with E-state index in [9.17, 15) is 4.79 Å². The summed E-state index contributed by atoms with van der Waals surface area (Å²) in [4.78, 5) is 15.6. The fraction of sp³-hybridized carbons (Fsp3) is 0.200. The first-order valence-corrected chi connectivity index (χ1v) is 10.8. The third-order valence-corrected chi connectivity index (χ3v) is 5.55. The monoisotopic (exact) mass is 432 g/mol. The van der Waals surface area contributed by atoms with E-state index < -0.39 is 0 Å². The molecule has 31 heavy (non-hydrogen) atoms. The predicted octanol–water partition coefficient (Wildman–Crippen LogP) is 5.27. The third-order valence-electron chi connectivity index (χ3n) is 4.70. The Bertz CT molecular complexity index is 1070. The van der Waals surface area contributed by atoms with Crippen LogP contribution < -0.4 is 9.47 Å². The Kier molecular flexibility index (Phi) is 7.85. The van der Waals surface area contributed by atoms with Crippen LogP contribution in [-0.4, -0.2) is 24.5 Å². The van der Waals surface area contributed by atoms with Gasteiger partial charge in [-0.15, -0.1) is 11.3 Å². The fourth-order valence-electron chi connectivity index (χ4n) is 2.98. The minimum absolute atomic E-state index is 0.0798. The highest BCUT2D eigenvalue weighted by Crippen LogP contribution is 2.29. The van der Waals surface area contributed by atoms with Crippen molar-refractivity contribution in [3.8, 4) is 17.6 Å². The van der Waals surface area contributed by atoms with E-state index in [0.717, 1.165) is 16.0 Å². The molecule has 2 aromatic carbocycles. The quantitative estimate of drug-likeness (QED) is 0.432. The van der Waals surface area contributed by atoms with Crippen molar-refractivity contribution in [1.29, 1.82) is 5.26 Å². The Morgan fingerprint density at radius 2 is 1.97 bits per heavy atom. The first-order chi connectivity index (χ1) is 15.1. The van der Waals surface area contributed by atoms with Gasteiger partial charge in [0.05, 0.1) is 18.7 Å². The Morgan fingerprint density at radius 1 is 1.16 bits per heavy atom. The van der Waals surface area contributed by atoms with E-state index in [1.165, 1.54) is 0 Å². The number of hydrogen-bond acceptors (Lipinski definition) is 5. The Balaban J connectivity index is 1.64. The Labute approximate surface area is 186 Å². The van der Waals surface area contributed by atoms with Crippen molar-refractivity contribution in [3.63, 3.8) is 0 Å². The third kappa shape index (κ3) is 6.21. The van der Waals surface area contributed by atoms with E-state index in [-0.39, 0.29) is 5.91 Å². The zero-order valence-electron chi connectivity index (χ0n) is 17.6. The van der Waals surface area contributed by atoms with E-state index in [0.29, 0.717) is 36.8 Å². The smallest absolute Gasteiger partial charge is 0.246 e. The van der Waals surface area contributed by atoms with Crippen molar-refractivity contribution in [2.24, 2.45) is 0 Å². The summed E-state index contributed by atoms with van der Waals surface area (Å²) in [5.74, 6) is 1.24. The van der Waals surface area contributed by atoms with Crippen LogP contribution in [0.25, 0.3) is 6.08 Å². The molecule has 158 valence electrons. The minimum Gasteiger partial charge on any atom is -0.493 e. The summed E-state index contributed by atoms with van der Waals surface area (Å²) >= 11 is 1.65. The number of amides is 1. The lowest BCUT2D eigenvalue weighted by atomic mass is 10.1. The van der Waals surface area contributed by atoms with E-state index >= 15 is 0 Å². The second-order valence-corrected chi connectivity index (χ2v) is 7.81. The lowest BCUT2D eigenvalue weighted by Crippen LogP contribution is -2.28. The second-order valence-electron chi connectivity index (χ2n) is 6.77. The molecule has 1 aromatic heterocycles. The molecule has 3 aromatic rings. The van der Waals surface area contributed by atoms with Gasteiger partial charge in [-0.05, 0) is 59.8 Å². The maximum absolute atomic E-state index is 12.7. The first kappa shape index (κ1) is 22.1. The zero-order valence-corrected chi connectivity index (χ0v) is 18.4. The molecule has 0 saturated heterocycles. The average molecular weight is 433 g/mol. The number of nitrogens with zero attached hydrogens (tertiary/aromatic N) is 2. The summed E-state index contributed by atoms with van der Waals surface area (Å²) in [5.41, 5.74) is 2.43. The normalized spacial score (nSPS) is 10.6. The molecule has 1 amide bonds. The van der Waals surface area contributed by atoms with E-state index in [4.69, 9.17) is 14.7 Å². The molecule has 1 heterocycles. The van der Waals surface area contributed by atoms with Crippen molar-refractivity contribution in [1.82, 2.24) is 4.90 Å². The molecule has 0 aliphatic rings. The summed E-state index contributed by atoms with van der Waals surface area (Å²) in [6, 6.07) is 18.9. The van der Waals surface area contributed by atoms with Gasteiger partial charge in [0.1, 0.15) is 6.61 Å². The number of nitriles is 1. The summed E-state index contributed by atoms with van der Waals surface area (Å²) in [6.45, 7) is 3.49. The van der Waals surface area contributed by atoms with E-state index in [2.05, 4.69) is 6.07 Å². The molecule has 0 atom stereocenters. The highest BCUT2D eigenvalue weighted by molar-refractivity contribution is 7.09. The van der Waals surface area contributed by atoms with Gasteiger partial charge < -0.3 is 14.4 Å². The van der Waals surface area contributed by atoms with Gasteiger partial charge in [0, 0.05) is 24.0 Å². The second kappa shape index (κ2) is 11.0. The van der Waals surface area contributed by atoms with E-state index in [1.54, 1.807) is 47.6 Å². The van der Waals surface area contributed by atoms with Crippen LogP contribution in [0, 0.1) is 11.3 Å². The van der Waals surface area contributed by atoms with Gasteiger partial charge in [0.2, 0.25) is 5.91 Å². The van der Waals surface area contributed by atoms with Gasteiger partial charge in [-0.2, -0.15) is 5.26 Å². The number of carbonyl (C=O) groups excluding carboxylic acids is 1. The molecule has 0 spiro atoms. The molecule has 5 nitrogen and oxygen atoms in total. The number of benzene rings is 2. The van der Waals surface area contributed by atoms with Gasteiger partial charge in [-0.25, -0.2) is 0 Å². The average Bonchev–Trinajstić information content (AvgIpc) is 3.34. The van der Waals surface area contributed by atoms with Crippen LogP contribution in [0.5, 0.6) is 11.5 Å². The number of hydrogen-bond donors (Lipinski definition) is 0. The van der Waals surface area contributed by atoms with Crippen LogP contribution in [0.2, 0.25) is 0 Å². The van der Waals surface area contributed by atoms with Gasteiger partial charge in [0.15, 0.2) is 11.5 Å². The molecule has 0 radical (unpaired) electrons. The maximum Gasteiger partial charge on any atom is 0.246 e. The SMILES string of the molecule is CCN(Cc1ccc(OCc2cccs2)c(OC)c1)C(=O)/C=C/c1ccc(C#N)cc1. The molecule has 0 bridgehead atoms. The van der Waals surface area contributed by atoms with Crippen LogP contribution in [0.3, 0.4) is 0 Å². The topological polar surface area (TPSA) is 62.6 Å². The Morgan fingerprint density at radius 3 is 2.61 bits per heavy atom. The number of ether oxygens (including phenoxy) is 2. The van der Waals surface area contributed by atoms with Crippen molar-refractivity contribution in [3.05, 3.63) is 87.6 Å². The van der Waals surface area contributed by atoms with Crippen LogP contribution in [0.1, 0.15) is 28.5 Å². The van der Waals surface area contributed by atoms with Gasteiger partial charge in [0.25, 0.3) is 0 Å². The van der Waals surface area contributed by atoms with Crippen molar-refractivity contribution < 1.29 is 14.3 Å². The summed E-state index contributed by atoms with van der Waals surface area (Å²) in [6.07, 6.45) is 3.31. The molecule has 6 heteroatoms. The number of likely N-dealkylation sites (N-methyl/N-ethyl adjacent to an activating group) is 1. The van der Waals surface area contributed by atoms with Crippen LogP contribution in [0.15, 0.2) is 66.1 Å². The number of rotatable bonds is 9. The molecule has 0 aliphatic heterocycles. The zero-order chi connectivity index (χ0) is 22.1. The lowest BCUT2D eigenvalue weighted by Gasteiger charge is -2.20. The molecule has 0 N–H and O–H groups in total. The number of carbonyl (C=O) groups is 1. The standard InChI is InChI=1S/C25H24N2O3S/c1-3-27(25(28)13-11-19-6-8-20(16-26)9-7-19)17-21-10-12-23(24(15-21)29-2)30-18-22-5-4-14-31-22/h4-15H,3,17-18H2,1-2H3/b13-11+. The fourth-order valence-corrected chi connectivity index (χ4v) is 3.60. The summed E-state index contributed by atoms with van der Waals surface area (Å²) < 4.78 is 11.4. The molecule has 3 rings (SSSR count). The molecule has 0 unspecified atom stereocenters. The molecule has 0 fully saturated rings. The maximum atomic E-state index is 12.7. The van der Waals surface area contributed by atoms with Crippen molar-refractivity contribution in [2.45, 2.75) is 20.1 Å². The molecule has 0 aliphatic carbocycles. The van der Waals surface area contributed by atoms with Gasteiger partial charge in [-0.1, -0.05) is 24.3 Å². The molecular weight excluding hydrogens is 408 g/mol. The highest BCUT2D eigenvalue weighted by atomic mass is 32.1. The van der Waals surface area contributed by atoms with Crippen LogP contribution >= 0.6 is 11.3 Å². The van der Waals surface area contributed by atoms with E-state index in [1.807, 2.05) is 54.8 Å². The highest BCUT2D eigenvalue weighted by Gasteiger charge is 2.12. The van der Waals surface area contributed by atoms with Crippen molar-refractivity contribution in [2.75, 3.05) is 13.7 Å². The number of thiophene rings is 1. The lowest BCUT2D eigenvalue weighted by molar-refractivity contribution is -0.126.